The Morgan fingerprint density at radius 2 is 0.739 bits per heavy atom. The van der Waals surface area contributed by atoms with E-state index in [0.29, 0.717) is 0 Å². The zero-order valence-electron chi connectivity index (χ0n) is 12.4. The molecule has 0 spiro atoms. The minimum absolute atomic E-state index is 0. The van der Waals surface area contributed by atoms with Gasteiger partial charge >= 0.3 is 31.0 Å². The van der Waals surface area contributed by atoms with Crippen molar-refractivity contribution in [3.8, 4) is 0 Å². The summed E-state index contributed by atoms with van der Waals surface area (Å²) in [6.07, 6.45) is 0. The van der Waals surface area contributed by atoms with Crippen molar-refractivity contribution in [2.45, 2.75) is 27.7 Å². The molecule has 0 fully saturated rings. The Hall–Kier alpha value is -1.76. The van der Waals surface area contributed by atoms with E-state index in [1.54, 1.807) is 0 Å². The SMILES string of the molecule is CC1=N/O[B-](F)(F)O/N=C(C)/C(C)=N/O[B-](F)(F)O\N=C\1C.[Co+2]. The minimum Gasteiger partial charge on any atom is -0.519 e. The van der Waals surface area contributed by atoms with Gasteiger partial charge in [-0.25, -0.2) is 0 Å². The molecule has 0 aromatic carbocycles. The maximum atomic E-state index is 13.2. The zero-order chi connectivity index (χ0) is 17.0. The van der Waals surface area contributed by atoms with Crippen LogP contribution in [0.4, 0.5) is 17.3 Å². The molecule has 0 aromatic heterocycles. The van der Waals surface area contributed by atoms with Crippen LogP contribution in [0.25, 0.3) is 0 Å². The Labute approximate surface area is 139 Å². The van der Waals surface area contributed by atoms with Crippen molar-refractivity contribution in [3.63, 3.8) is 0 Å². The van der Waals surface area contributed by atoms with E-state index in [0.717, 1.165) is 0 Å². The van der Waals surface area contributed by atoms with Gasteiger partial charge in [0.25, 0.3) is 0 Å². The third-order valence-corrected chi connectivity index (χ3v) is 2.30. The standard InChI is InChI=1S/C8H12B2F4N4O4.Co/c1-5-6(2)16-20-10(13,14)22-18-8(4)7(3)17-21-9(11,12)19-15-5;/h1-4H3;/q-2;+2/b15-5-,16-6+,17-7+,18-8+;. The van der Waals surface area contributed by atoms with Crippen molar-refractivity contribution in [1.29, 1.82) is 0 Å². The fraction of sp³-hybridized carbons (Fsp3) is 0.500. The largest absolute Gasteiger partial charge is 2.00 e. The molecule has 0 N–H and O–H groups in total. The summed E-state index contributed by atoms with van der Waals surface area (Å²) in [6.45, 7) is 4.73. The number of oxime groups is 4. The van der Waals surface area contributed by atoms with Gasteiger partial charge in [0.15, 0.2) is 0 Å². The van der Waals surface area contributed by atoms with Gasteiger partial charge in [0.2, 0.25) is 0 Å². The first-order valence-corrected chi connectivity index (χ1v) is 5.94. The first-order chi connectivity index (χ1) is 10.0. The molecule has 1 radical (unpaired) electrons. The predicted octanol–water partition coefficient (Wildman–Crippen LogP) is 2.32. The van der Waals surface area contributed by atoms with Crippen LogP contribution in [-0.2, 0) is 35.8 Å². The molecule has 0 amide bonds. The molecule has 0 saturated heterocycles. The van der Waals surface area contributed by atoms with Crippen LogP contribution in [0.15, 0.2) is 20.6 Å². The maximum absolute atomic E-state index is 13.2. The monoisotopic (exact) mass is 385 g/mol. The Morgan fingerprint density at radius 1 is 0.565 bits per heavy atom. The summed E-state index contributed by atoms with van der Waals surface area (Å²) in [5.41, 5.74) is -0.966. The van der Waals surface area contributed by atoms with Crippen LogP contribution in [0.5, 0.6) is 0 Å². The molecular formula is C8H12B2CoF4N4O4. The van der Waals surface area contributed by atoms with E-state index in [2.05, 4.69) is 39.6 Å². The topological polar surface area (TPSA) is 86.4 Å². The molecule has 0 unspecified atom stereocenters. The Balaban J connectivity index is 0.00000484. The normalized spacial score (nSPS) is 30.3. The smallest absolute Gasteiger partial charge is 0.519 e. The molecule has 8 nitrogen and oxygen atoms in total. The average molecular weight is 385 g/mol. The minimum atomic E-state index is -4.85. The van der Waals surface area contributed by atoms with Crippen LogP contribution in [0.3, 0.4) is 0 Å². The number of hydrogen-bond acceptors (Lipinski definition) is 8. The molecule has 1 aliphatic heterocycles. The van der Waals surface area contributed by atoms with Crippen molar-refractivity contribution in [1.82, 2.24) is 0 Å². The first-order valence-electron chi connectivity index (χ1n) is 5.94. The summed E-state index contributed by atoms with van der Waals surface area (Å²) < 4.78 is 68.5. The number of rotatable bonds is 0. The molecular weight excluding hydrogens is 373 g/mol. The van der Waals surface area contributed by atoms with Gasteiger partial charge in [0.05, 0.1) is 22.8 Å². The zero-order valence-corrected chi connectivity index (χ0v) is 13.5. The van der Waals surface area contributed by atoms with Crippen LogP contribution in [-0.4, -0.2) is 37.1 Å². The molecule has 131 valence electrons. The van der Waals surface area contributed by atoms with Crippen LogP contribution in [0.2, 0.25) is 0 Å². The van der Waals surface area contributed by atoms with E-state index in [9.17, 15) is 17.3 Å². The quantitative estimate of drug-likeness (QED) is 0.473. The van der Waals surface area contributed by atoms with Crippen LogP contribution in [0, 0.1) is 0 Å². The van der Waals surface area contributed by atoms with E-state index in [1.807, 2.05) is 0 Å². The number of hydrogen-bond donors (Lipinski definition) is 0. The second-order valence-corrected chi connectivity index (χ2v) is 4.20. The Bertz CT molecular complexity index is 466. The summed E-state index contributed by atoms with van der Waals surface area (Å²) in [5.74, 6) is 0. The fourth-order valence-electron chi connectivity index (χ4n) is 0.864. The maximum Gasteiger partial charge on any atom is 2.00 e. The van der Waals surface area contributed by atoms with E-state index < -0.39 is 14.2 Å². The van der Waals surface area contributed by atoms with E-state index in [4.69, 9.17) is 0 Å². The fourth-order valence-corrected chi connectivity index (χ4v) is 0.864. The van der Waals surface area contributed by atoms with Gasteiger partial charge in [-0.3, -0.25) is 0 Å². The predicted molar refractivity (Wildman–Crippen MR) is 72.7 cm³/mol. The van der Waals surface area contributed by atoms with Gasteiger partial charge in [-0.15, -0.1) is 20.6 Å². The van der Waals surface area contributed by atoms with Crippen LogP contribution < -0.4 is 0 Å². The van der Waals surface area contributed by atoms with Crippen molar-refractivity contribution in [2.75, 3.05) is 0 Å². The second-order valence-electron chi connectivity index (χ2n) is 4.20. The summed E-state index contributed by atoms with van der Waals surface area (Å²) in [4.78, 5) is 0. The van der Waals surface area contributed by atoms with Crippen molar-refractivity contribution in [2.24, 2.45) is 20.6 Å². The van der Waals surface area contributed by atoms with Crippen LogP contribution in [0.1, 0.15) is 27.7 Å². The Kier molecular flexibility index (Phi) is 7.56. The van der Waals surface area contributed by atoms with Gasteiger partial charge < -0.3 is 36.3 Å². The van der Waals surface area contributed by atoms with Gasteiger partial charge in [-0.2, -0.15) is 0 Å². The molecule has 1 aliphatic rings. The van der Waals surface area contributed by atoms with Crippen molar-refractivity contribution < 1.29 is 53.1 Å². The van der Waals surface area contributed by atoms with Crippen molar-refractivity contribution >= 4 is 37.1 Å². The molecule has 15 heteroatoms. The first kappa shape index (κ1) is 21.2. The molecule has 0 bridgehead atoms. The third kappa shape index (κ3) is 7.36. The molecule has 0 atom stereocenters. The number of halogens is 4. The third-order valence-electron chi connectivity index (χ3n) is 2.30. The molecule has 0 aliphatic carbocycles. The summed E-state index contributed by atoms with van der Waals surface area (Å²) >= 11 is 0. The van der Waals surface area contributed by atoms with E-state index in [1.165, 1.54) is 27.7 Å². The molecule has 0 saturated carbocycles. The molecule has 1 rings (SSSR count). The molecule has 1 heterocycles. The van der Waals surface area contributed by atoms with Crippen LogP contribution >= 0.6 is 0 Å². The van der Waals surface area contributed by atoms with Gasteiger partial charge in [0.1, 0.15) is 0 Å². The van der Waals surface area contributed by atoms with E-state index >= 15 is 0 Å². The summed E-state index contributed by atoms with van der Waals surface area (Å²) in [7, 11) is -9.71. The van der Waals surface area contributed by atoms with Gasteiger partial charge in [-0.05, 0) is 27.7 Å². The summed E-state index contributed by atoms with van der Waals surface area (Å²) in [5, 5.41) is 12.1. The van der Waals surface area contributed by atoms with Gasteiger partial charge in [-0.1, -0.05) is 0 Å². The second kappa shape index (κ2) is 8.19. The Morgan fingerprint density at radius 3 is 0.913 bits per heavy atom. The number of nitrogens with zero attached hydrogens (tertiary/aromatic N) is 4. The molecule has 23 heavy (non-hydrogen) atoms. The molecule has 0 aromatic rings. The summed E-state index contributed by atoms with van der Waals surface area (Å²) in [6, 6.07) is 0. The van der Waals surface area contributed by atoms with Crippen molar-refractivity contribution in [3.05, 3.63) is 0 Å². The van der Waals surface area contributed by atoms with E-state index in [-0.39, 0.29) is 39.6 Å². The van der Waals surface area contributed by atoms with Gasteiger partial charge in [0, 0.05) is 0 Å². The average Bonchev–Trinajstić information content (AvgIpc) is 2.45.